The predicted molar refractivity (Wildman–Crippen MR) is 69.3 cm³/mol. The number of nitrogens with one attached hydrogen (secondary N) is 1. The van der Waals surface area contributed by atoms with E-state index < -0.39 is 11.6 Å². The monoisotopic (exact) mass is 254 g/mol. The highest BCUT2D eigenvalue weighted by Gasteiger charge is 2.38. The zero-order chi connectivity index (χ0) is 13.9. The molecule has 5 nitrogen and oxygen atoms in total. The number of nitrogens with two attached hydrogens (primary N) is 1. The highest BCUT2D eigenvalue weighted by Crippen LogP contribution is 2.28. The summed E-state index contributed by atoms with van der Waals surface area (Å²) in [7, 11) is 0. The number of dihydropyridines is 1. The van der Waals surface area contributed by atoms with E-state index in [9.17, 15) is 4.79 Å². The molecule has 0 aromatic heterocycles. The average molecular weight is 254 g/mol. The zero-order valence-electron chi connectivity index (χ0n) is 11.6. The standard InChI is InChI=1S/C13H22N2O3/c1-8(2)17-10-6-7-15-13(5,18-9(3)4)11(10)12(14)16/h6-9,15H,1-5H3,(H2,14,16). The van der Waals surface area contributed by atoms with Crippen LogP contribution in [0.3, 0.4) is 0 Å². The van der Waals surface area contributed by atoms with E-state index >= 15 is 0 Å². The van der Waals surface area contributed by atoms with Gasteiger partial charge < -0.3 is 20.5 Å². The van der Waals surface area contributed by atoms with Crippen LogP contribution < -0.4 is 11.1 Å². The molecule has 0 aromatic rings. The molecular formula is C13H22N2O3. The van der Waals surface area contributed by atoms with Gasteiger partial charge >= 0.3 is 0 Å². The van der Waals surface area contributed by atoms with Gasteiger partial charge in [0.15, 0.2) is 5.72 Å². The van der Waals surface area contributed by atoms with E-state index in [1.807, 2.05) is 27.7 Å². The Kier molecular flexibility index (Phi) is 4.40. The van der Waals surface area contributed by atoms with E-state index in [1.54, 1.807) is 19.2 Å². The van der Waals surface area contributed by atoms with E-state index in [2.05, 4.69) is 5.32 Å². The maximum Gasteiger partial charge on any atom is 0.253 e. The van der Waals surface area contributed by atoms with Gasteiger partial charge in [-0.05, 0) is 40.7 Å². The molecule has 1 aliphatic heterocycles. The molecule has 5 heteroatoms. The van der Waals surface area contributed by atoms with Crippen LogP contribution in [-0.2, 0) is 14.3 Å². The molecule has 0 saturated carbocycles. The van der Waals surface area contributed by atoms with Gasteiger partial charge in [0.1, 0.15) is 11.3 Å². The Hall–Kier alpha value is -1.49. The Bertz CT molecular complexity index is 386. The quantitative estimate of drug-likeness (QED) is 0.778. The summed E-state index contributed by atoms with van der Waals surface area (Å²) in [5, 5.41) is 3.02. The molecule has 1 atom stereocenters. The predicted octanol–water partition coefficient (Wildman–Crippen LogP) is 1.41. The zero-order valence-corrected chi connectivity index (χ0v) is 11.6. The molecule has 1 aliphatic rings. The van der Waals surface area contributed by atoms with Gasteiger partial charge in [0.2, 0.25) is 0 Å². The molecule has 0 saturated heterocycles. The third kappa shape index (κ3) is 3.26. The highest BCUT2D eigenvalue weighted by molar-refractivity contribution is 5.95. The molecule has 1 amide bonds. The lowest BCUT2D eigenvalue weighted by molar-refractivity contribution is -0.121. The van der Waals surface area contributed by atoms with Gasteiger partial charge in [-0.15, -0.1) is 0 Å². The van der Waals surface area contributed by atoms with Crippen molar-refractivity contribution in [2.45, 2.75) is 52.6 Å². The Morgan fingerprint density at radius 2 is 1.94 bits per heavy atom. The third-order valence-electron chi connectivity index (χ3n) is 2.40. The molecule has 1 heterocycles. The minimum absolute atomic E-state index is 0.0413. The molecule has 0 bridgehead atoms. The van der Waals surface area contributed by atoms with Gasteiger partial charge in [0, 0.05) is 6.20 Å². The van der Waals surface area contributed by atoms with Crippen molar-refractivity contribution in [3.63, 3.8) is 0 Å². The molecule has 0 aromatic carbocycles. The Morgan fingerprint density at radius 3 is 2.39 bits per heavy atom. The number of carbonyl (C=O) groups is 1. The van der Waals surface area contributed by atoms with E-state index in [0.717, 1.165) is 0 Å². The third-order valence-corrected chi connectivity index (χ3v) is 2.40. The number of hydrogen-bond donors (Lipinski definition) is 2. The number of hydrogen-bond acceptors (Lipinski definition) is 4. The van der Waals surface area contributed by atoms with Crippen LogP contribution in [0.2, 0.25) is 0 Å². The summed E-state index contributed by atoms with van der Waals surface area (Å²) in [6, 6.07) is 0. The average Bonchev–Trinajstić information content (AvgIpc) is 2.13. The molecule has 1 unspecified atom stereocenters. The van der Waals surface area contributed by atoms with Crippen LogP contribution in [-0.4, -0.2) is 23.8 Å². The smallest absolute Gasteiger partial charge is 0.253 e. The fraction of sp³-hybridized carbons (Fsp3) is 0.615. The Morgan fingerprint density at radius 1 is 1.33 bits per heavy atom. The van der Waals surface area contributed by atoms with Crippen LogP contribution in [0.1, 0.15) is 34.6 Å². The van der Waals surface area contributed by atoms with Crippen LogP contribution in [0.4, 0.5) is 0 Å². The number of ether oxygens (including phenoxy) is 2. The van der Waals surface area contributed by atoms with Crippen molar-refractivity contribution >= 4 is 5.91 Å². The number of primary amides is 1. The van der Waals surface area contributed by atoms with Gasteiger partial charge in [0.25, 0.3) is 5.91 Å². The second-order valence-corrected chi connectivity index (χ2v) is 4.95. The fourth-order valence-corrected chi connectivity index (χ4v) is 1.94. The number of allylic oxidation sites excluding steroid dienone is 1. The first kappa shape index (κ1) is 14.6. The molecule has 102 valence electrons. The maximum atomic E-state index is 11.7. The topological polar surface area (TPSA) is 73.6 Å². The van der Waals surface area contributed by atoms with Crippen LogP contribution in [0.25, 0.3) is 0 Å². The number of amides is 1. The summed E-state index contributed by atoms with van der Waals surface area (Å²) >= 11 is 0. The van der Waals surface area contributed by atoms with E-state index in [1.165, 1.54) is 0 Å². The summed E-state index contributed by atoms with van der Waals surface area (Å²) in [6.45, 7) is 9.34. The normalized spacial score (nSPS) is 23.5. The minimum atomic E-state index is -0.959. The van der Waals surface area contributed by atoms with Crippen LogP contribution in [0.5, 0.6) is 0 Å². The van der Waals surface area contributed by atoms with Crippen LogP contribution >= 0.6 is 0 Å². The number of rotatable bonds is 5. The lowest BCUT2D eigenvalue weighted by atomic mass is 9.99. The van der Waals surface area contributed by atoms with E-state index in [0.29, 0.717) is 11.3 Å². The van der Waals surface area contributed by atoms with Crippen molar-refractivity contribution in [2.24, 2.45) is 5.73 Å². The van der Waals surface area contributed by atoms with Crippen LogP contribution in [0.15, 0.2) is 23.6 Å². The van der Waals surface area contributed by atoms with Crippen molar-refractivity contribution in [3.05, 3.63) is 23.6 Å². The molecular weight excluding hydrogens is 232 g/mol. The lowest BCUT2D eigenvalue weighted by Gasteiger charge is -2.36. The van der Waals surface area contributed by atoms with Crippen molar-refractivity contribution in [1.82, 2.24) is 5.32 Å². The van der Waals surface area contributed by atoms with E-state index in [4.69, 9.17) is 15.2 Å². The SMILES string of the molecule is CC(C)OC1=C(C(N)=O)C(C)(OC(C)C)NC=C1. The van der Waals surface area contributed by atoms with Gasteiger partial charge in [-0.2, -0.15) is 0 Å². The first-order valence-electron chi connectivity index (χ1n) is 6.09. The van der Waals surface area contributed by atoms with Crippen molar-refractivity contribution in [1.29, 1.82) is 0 Å². The molecule has 0 radical (unpaired) electrons. The summed E-state index contributed by atoms with van der Waals surface area (Å²) in [5.74, 6) is -0.0925. The van der Waals surface area contributed by atoms with Crippen molar-refractivity contribution in [2.75, 3.05) is 0 Å². The summed E-state index contributed by atoms with van der Waals surface area (Å²) in [6.07, 6.45) is 3.29. The molecule has 1 rings (SSSR count). The molecule has 0 aliphatic carbocycles. The number of carbonyl (C=O) groups excluding carboxylic acids is 1. The largest absolute Gasteiger partial charge is 0.490 e. The summed E-state index contributed by atoms with van der Waals surface area (Å²) in [4.78, 5) is 11.7. The van der Waals surface area contributed by atoms with Gasteiger partial charge in [-0.3, -0.25) is 4.79 Å². The molecule has 18 heavy (non-hydrogen) atoms. The van der Waals surface area contributed by atoms with E-state index in [-0.39, 0.29) is 12.2 Å². The Balaban J connectivity index is 3.17. The maximum absolute atomic E-state index is 11.7. The molecule has 0 fully saturated rings. The molecule has 3 N–H and O–H groups in total. The van der Waals surface area contributed by atoms with Gasteiger partial charge in [0.05, 0.1) is 12.2 Å². The minimum Gasteiger partial charge on any atom is -0.490 e. The summed E-state index contributed by atoms with van der Waals surface area (Å²) < 4.78 is 11.4. The van der Waals surface area contributed by atoms with Crippen molar-refractivity contribution < 1.29 is 14.3 Å². The Labute approximate surface area is 108 Å². The highest BCUT2D eigenvalue weighted by atomic mass is 16.5. The second-order valence-electron chi connectivity index (χ2n) is 4.95. The second kappa shape index (κ2) is 5.44. The fourth-order valence-electron chi connectivity index (χ4n) is 1.94. The first-order chi connectivity index (χ1) is 8.26. The van der Waals surface area contributed by atoms with Gasteiger partial charge in [-0.25, -0.2) is 0 Å². The molecule has 0 spiro atoms. The van der Waals surface area contributed by atoms with Crippen molar-refractivity contribution in [3.8, 4) is 0 Å². The van der Waals surface area contributed by atoms with Gasteiger partial charge in [-0.1, -0.05) is 0 Å². The van der Waals surface area contributed by atoms with Crippen LogP contribution in [0, 0.1) is 0 Å². The lowest BCUT2D eigenvalue weighted by Crippen LogP contribution is -2.51. The first-order valence-corrected chi connectivity index (χ1v) is 6.09. The summed E-state index contributed by atoms with van der Waals surface area (Å²) in [5.41, 5.74) is 4.81.